The van der Waals surface area contributed by atoms with Gasteiger partial charge in [0.05, 0.1) is 13.3 Å². The van der Waals surface area contributed by atoms with E-state index in [1.165, 1.54) is 19.2 Å². The molecule has 1 saturated heterocycles. The summed E-state index contributed by atoms with van der Waals surface area (Å²) >= 11 is 0. The number of hydrogen-bond acceptors (Lipinski definition) is 5. The molecule has 2 fully saturated rings. The Hall–Kier alpha value is -3.20. The van der Waals surface area contributed by atoms with Gasteiger partial charge in [-0.05, 0) is 48.8 Å². The Kier molecular flexibility index (Phi) is 5.00. The topological polar surface area (TPSA) is 92.8 Å². The van der Waals surface area contributed by atoms with Gasteiger partial charge in [0, 0.05) is 24.7 Å². The Morgan fingerprint density at radius 3 is 2.53 bits per heavy atom. The minimum absolute atomic E-state index is 0.0186. The molecule has 3 aromatic rings. The molecule has 0 amide bonds. The highest BCUT2D eigenvalue weighted by molar-refractivity contribution is 5.78. The third-order valence-electron chi connectivity index (χ3n) is 6.57. The van der Waals surface area contributed by atoms with Crippen molar-refractivity contribution in [1.82, 2.24) is 9.38 Å². The highest BCUT2D eigenvalue weighted by Crippen LogP contribution is 2.45. The van der Waals surface area contributed by atoms with Crippen LogP contribution < -0.4 is 26.6 Å². The van der Waals surface area contributed by atoms with Gasteiger partial charge in [0.2, 0.25) is 0 Å². The molecule has 2 unspecified atom stereocenters. The lowest BCUT2D eigenvalue weighted by Gasteiger charge is -2.25. The van der Waals surface area contributed by atoms with Crippen molar-refractivity contribution in [3.8, 4) is 5.75 Å². The maximum atomic E-state index is 15.3. The van der Waals surface area contributed by atoms with Crippen LogP contribution in [0.4, 0.5) is 14.5 Å². The van der Waals surface area contributed by atoms with Gasteiger partial charge in [0.25, 0.3) is 5.56 Å². The number of halogens is 2. The summed E-state index contributed by atoms with van der Waals surface area (Å²) in [5, 5.41) is 0. The largest absolute Gasteiger partial charge is 0.492 e. The maximum Gasteiger partial charge on any atom is 0.333 e. The van der Waals surface area contributed by atoms with E-state index in [-0.39, 0.29) is 35.1 Å². The van der Waals surface area contributed by atoms with Gasteiger partial charge in [-0.3, -0.25) is 14.2 Å². The number of nitrogens with zero attached hydrogens (tertiary/aromatic N) is 2. The SMILES string of the molecule is COc1c(N2CCC(C(N)c3ccc(F)cc3)C2)c(F)cn2c(=O)[nH]c(=O)c(C3CC3)c12. The number of nitrogens with two attached hydrogens (primary N) is 1. The van der Waals surface area contributed by atoms with Crippen LogP contribution in [0.15, 0.2) is 40.1 Å². The predicted octanol–water partition coefficient (Wildman–Crippen LogP) is 2.68. The first kappa shape index (κ1) is 20.7. The van der Waals surface area contributed by atoms with Crippen molar-refractivity contribution in [2.75, 3.05) is 25.1 Å². The number of benzene rings is 1. The molecule has 1 aromatic carbocycles. The van der Waals surface area contributed by atoms with Crippen LogP contribution in [0, 0.1) is 17.6 Å². The third kappa shape index (κ3) is 3.37. The first-order valence-electron chi connectivity index (χ1n) is 10.7. The molecule has 9 heteroatoms. The summed E-state index contributed by atoms with van der Waals surface area (Å²) in [6.07, 6.45) is 3.50. The summed E-state index contributed by atoms with van der Waals surface area (Å²) < 4.78 is 35.3. The third-order valence-corrected chi connectivity index (χ3v) is 6.57. The van der Waals surface area contributed by atoms with Gasteiger partial charge in [0.1, 0.15) is 17.0 Å². The molecule has 0 radical (unpaired) electrons. The smallest absolute Gasteiger partial charge is 0.333 e. The highest BCUT2D eigenvalue weighted by atomic mass is 19.1. The van der Waals surface area contributed by atoms with E-state index >= 15 is 4.39 Å². The molecule has 1 saturated carbocycles. The second kappa shape index (κ2) is 7.74. The number of pyridine rings is 1. The van der Waals surface area contributed by atoms with Crippen molar-refractivity contribution in [2.24, 2.45) is 11.7 Å². The minimum Gasteiger partial charge on any atom is -0.492 e. The Labute approximate surface area is 182 Å². The maximum absolute atomic E-state index is 15.3. The monoisotopic (exact) mass is 442 g/mol. The van der Waals surface area contributed by atoms with Crippen LogP contribution in [0.5, 0.6) is 5.75 Å². The number of H-pyrrole nitrogens is 1. The van der Waals surface area contributed by atoms with Crippen LogP contribution in [-0.2, 0) is 0 Å². The van der Waals surface area contributed by atoms with Crippen molar-refractivity contribution >= 4 is 11.2 Å². The van der Waals surface area contributed by atoms with Crippen molar-refractivity contribution in [3.63, 3.8) is 0 Å². The van der Waals surface area contributed by atoms with E-state index in [1.807, 2.05) is 4.90 Å². The first-order chi connectivity index (χ1) is 15.4. The zero-order valence-electron chi connectivity index (χ0n) is 17.6. The Balaban J connectivity index is 1.57. The Morgan fingerprint density at radius 2 is 1.88 bits per heavy atom. The Morgan fingerprint density at radius 1 is 1.16 bits per heavy atom. The average molecular weight is 442 g/mol. The van der Waals surface area contributed by atoms with Crippen LogP contribution in [0.3, 0.4) is 0 Å². The molecule has 3 N–H and O–H groups in total. The summed E-state index contributed by atoms with van der Waals surface area (Å²) in [5.74, 6) is -0.703. The summed E-state index contributed by atoms with van der Waals surface area (Å²) in [7, 11) is 1.42. The standard InChI is InChI=1S/C23H24F2N4O3/c1-32-21-19(28-9-8-14(10-28)18(26)13-4-6-15(24)7-5-13)16(25)11-29-20(21)17(12-2-3-12)22(30)27-23(29)31/h4-7,11-12,14,18H,2-3,8-10,26H2,1H3,(H,27,30,31). The number of fused-ring (bicyclic) bond motifs is 1. The van der Waals surface area contributed by atoms with E-state index in [0.717, 1.165) is 29.0 Å². The number of ether oxygens (including phenoxy) is 1. The van der Waals surface area contributed by atoms with E-state index < -0.39 is 17.1 Å². The molecule has 1 aliphatic carbocycles. The fourth-order valence-electron chi connectivity index (χ4n) is 4.79. The summed E-state index contributed by atoms with van der Waals surface area (Å²) in [4.78, 5) is 29.1. The van der Waals surface area contributed by atoms with Gasteiger partial charge in [-0.2, -0.15) is 0 Å². The van der Waals surface area contributed by atoms with Crippen molar-refractivity contribution in [2.45, 2.75) is 31.2 Å². The zero-order chi connectivity index (χ0) is 22.6. The van der Waals surface area contributed by atoms with Gasteiger partial charge in [-0.15, -0.1) is 0 Å². The van der Waals surface area contributed by atoms with Crippen LogP contribution in [0.2, 0.25) is 0 Å². The van der Waals surface area contributed by atoms with Crippen LogP contribution in [0.1, 0.15) is 42.3 Å². The van der Waals surface area contributed by atoms with E-state index in [1.54, 1.807) is 12.1 Å². The summed E-state index contributed by atoms with van der Waals surface area (Å²) in [5.41, 5.74) is 7.12. The first-order valence-corrected chi connectivity index (χ1v) is 10.7. The molecule has 0 bridgehead atoms. The van der Waals surface area contributed by atoms with Crippen molar-refractivity contribution in [3.05, 3.63) is 74.1 Å². The minimum atomic E-state index is -0.698. The van der Waals surface area contributed by atoms with Crippen molar-refractivity contribution in [1.29, 1.82) is 0 Å². The van der Waals surface area contributed by atoms with Gasteiger partial charge >= 0.3 is 5.69 Å². The second-order valence-corrected chi connectivity index (χ2v) is 8.60. The molecule has 2 aliphatic rings. The van der Waals surface area contributed by atoms with E-state index in [2.05, 4.69) is 4.98 Å². The lowest BCUT2D eigenvalue weighted by Crippen LogP contribution is -2.31. The highest BCUT2D eigenvalue weighted by Gasteiger charge is 2.35. The molecular formula is C23H24F2N4O3. The fourth-order valence-corrected chi connectivity index (χ4v) is 4.79. The average Bonchev–Trinajstić information content (AvgIpc) is 3.49. The lowest BCUT2D eigenvalue weighted by molar-refractivity contribution is 0.412. The van der Waals surface area contributed by atoms with Crippen LogP contribution >= 0.6 is 0 Å². The van der Waals surface area contributed by atoms with Gasteiger partial charge < -0.3 is 15.4 Å². The fraction of sp³-hybridized carbons (Fsp3) is 0.391. The second-order valence-electron chi connectivity index (χ2n) is 8.60. The molecule has 2 aromatic heterocycles. The van der Waals surface area contributed by atoms with Crippen molar-refractivity contribution < 1.29 is 13.5 Å². The zero-order valence-corrected chi connectivity index (χ0v) is 17.6. The summed E-state index contributed by atoms with van der Waals surface area (Å²) in [6, 6.07) is 5.76. The molecule has 7 nitrogen and oxygen atoms in total. The lowest BCUT2D eigenvalue weighted by atomic mass is 9.93. The molecule has 2 atom stereocenters. The van der Waals surface area contributed by atoms with Gasteiger partial charge in [0.15, 0.2) is 11.6 Å². The summed E-state index contributed by atoms with van der Waals surface area (Å²) in [6.45, 7) is 1.00. The molecular weight excluding hydrogens is 418 g/mol. The number of nitrogens with one attached hydrogen (secondary N) is 1. The normalized spacial score (nSPS) is 19.5. The molecule has 168 valence electrons. The number of methoxy groups -OCH3 is 1. The van der Waals surface area contributed by atoms with Gasteiger partial charge in [-0.1, -0.05) is 12.1 Å². The van der Waals surface area contributed by atoms with E-state index in [9.17, 15) is 14.0 Å². The predicted molar refractivity (Wildman–Crippen MR) is 116 cm³/mol. The molecule has 5 rings (SSSR count). The number of aromatic nitrogens is 2. The molecule has 3 heterocycles. The molecule has 0 spiro atoms. The number of aromatic amines is 1. The van der Waals surface area contributed by atoms with Crippen LogP contribution in [0.25, 0.3) is 5.52 Å². The number of hydrogen-bond donors (Lipinski definition) is 2. The molecule has 1 aliphatic heterocycles. The van der Waals surface area contributed by atoms with Crippen LogP contribution in [-0.4, -0.2) is 29.6 Å². The van der Waals surface area contributed by atoms with Gasteiger partial charge in [-0.25, -0.2) is 13.6 Å². The quantitative estimate of drug-likeness (QED) is 0.634. The van der Waals surface area contributed by atoms with E-state index in [4.69, 9.17) is 10.5 Å². The molecule has 32 heavy (non-hydrogen) atoms. The number of anilines is 1. The van der Waals surface area contributed by atoms with E-state index in [0.29, 0.717) is 30.6 Å². The number of rotatable bonds is 5. The Bertz CT molecular complexity index is 1300.